The van der Waals surface area contributed by atoms with Crippen LogP contribution in [0.15, 0.2) is 35.6 Å². The summed E-state index contributed by atoms with van der Waals surface area (Å²) in [5.41, 5.74) is 0.199. The van der Waals surface area contributed by atoms with Crippen molar-refractivity contribution in [1.29, 1.82) is 0 Å². The van der Waals surface area contributed by atoms with Gasteiger partial charge in [-0.3, -0.25) is 9.89 Å². The first kappa shape index (κ1) is 23.1. The minimum atomic E-state index is -0.706. The van der Waals surface area contributed by atoms with E-state index in [1.54, 1.807) is 6.92 Å². The summed E-state index contributed by atoms with van der Waals surface area (Å²) < 4.78 is 42.7. The molecule has 1 fully saturated rings. The molecule has 0 aliphatic carbocycles. The van der Waals surface area contributed by atoms with E-state index in [1.165, 1.54) is 17.2 Å². The fourth-order valence-electron chi connectivity index (χ4n) is 2.87. The summed E-state index contributed by atoms with van der Waals surface area (Å²) in [6, 6.07) is 4.41. The summed E-state index contributed by atoms with van der Waals surface area (Å²) in [5.74, 6) is -2.71. The predicted octanol–water partition coefficient (Wildman–Crippen LogP) is 1.28. The topological polar surface area (TPSA) is 115 Å². The van der Waals surface area contributed by atoms with Crippen LogP contribution < -0.4 is 4.74 Å². The minimum absolute atomic E-state index is 0.0930. The number of amides is 1. The van der Waals surface area contributed by atoms with Crippen molar-refractivity contribution in [3.63, 3.8) is 0 Å². The van der Waals surface area contributed by atoms with Crippen LogP contribution in [0.3, 0.4) is 0 Å². The quantitative estimate of drug-likeness (QED) is 0.346. The number of hydrogen-bond acceptors (Lipinski definition) is 8. The molecule has 3 rings (SSSR count). The Morgan fingerprint density at radius 2 is 2.19 bits per heavy atom. The Balaban J connectivity index is 1.64. The Bertz CT molecular complexity index is 954. The fraction of sp³-hybridized carbons (Fsp3) is 0.400. The molecule has 12 heteroatoms. The smallest absolute Gasteiger partial charge is 0.347 e. The van der Waals surface area contributed by atoms with Crippen molar-refractivity contribution >= 4 is 17.6 Å². The number of aromatic nitrogens is 2. The third-order valence-electron chi connectivity index (χ3n) is 4.35. The fourth-order valence-corrected chi connectivity index (χ4v) is 2.87. The van der Waals surface area contributed by atoms with Gasteiger partial charge >= 0.3 is 5.97 Å². The number of hydrogen-bond donors (Lipinski definition) is 1. The molecule has 1 aliphatic rings. The molecule has 1 atom stereocenters. The van der Waals surface area contributed by atoms with Gasteiger partial charge < -0.3 is 23.9 Å². The van der Waals surface area contributed by atoms with Gasteiger partial charge in [-0.15, -0.1) is 0 Å². The second-order valence-corrected chi connectivity index (χ2v) is 6.62. The average Bonchev–Trinajstić information content (AvgIpc) is 3.32. The normalized spacial score (nSPS) is 16.5. The van der Waals surface area contributed by atoms with Gasteiger partial charge in [0.25, 0.3) is 5.91 Å². The first-order chi connectivity index (χ1) is 15.5. The van der Waals surface area contributed by atoms with Gasteiger partial charge in [-0.2, -0.15) is 5.10 Å². The van der Waals surface area contributed by atoms with E-state index in [0.29, 0.717) is 5.69 Å². The van der Waals surface area contributed by atoms with Crippen molar-refractivity contribution in [2.75, 3.05) is 39.5 Å². The molecular weight excluding hydrogens is 430 g/mol. The molecule has 1 aliphatic heterocycles. The molecule has 1 N–H and O–H groups in total. The van der Waals surface area contributed by atoms with Crippen molar-refractivity contribution in [1.82, 2.24) is 15.1 Å². The van der Waals surface area contributed by atoms with Crippen molar-refractivity contribution in [3.8, 4) is 5.75 Å². The van der Waals surface area contributed by atoms with E-state index in [4.69, 9.17) is 19.0 Å². The molecular formula is C20H22F2N4O6. The van der Waals surface area contributed by atoms with Gasteiger partial charge in [0.05, 0.1) is 25.5 Å². The highest BCUT2D eigenvalue weighted by Crippen LogP contribution is 2.19. The number of rotatable bonds is 9. The number of ether oxygens (including phenoxy) is 3. The molecule has 0 radical (unpaired) electrons. The van der Waals surface area contributed by atoms with Gasteiger partial charge in [-0.05, 0) is 25.1 Å². The zero-order valence-electron chi connectivity index (χ0n) is 17.3. The van der Waals surface area contributed by atoms with E-state index in [1.807, 2.05) is 0 Å². The van der Waals surface area contributed by atoms with Crippen LogP contribution in [0.2, 0.25) is 0 Å². The van der Waals surface area contributed by atoms with Gasteiger partial charge in [0.15, 0.2) is 17.3 Å². The lowest BCUT2D eigenvalue weighted by Crippen LogP contribution is -2.50. The second kappa shape index (κ2) is 11.2. The van der Waals surface area contributed by atoms with Gasteiger partial charge in [-0.25, -0.2) is 13.6 Å². The van der Waals surface area contributed by atoms with Crippen LogP contribution in [0.1, 0.15) is 12.6 Å². The van der Waals surface area contributed by atoms with Gasteiger partial charge in [0.1, 0.15) is 18.5 Å². The van der Waals surface area contributed by atoms with Gasteiger partial charge in [0.2, 0.25) is 6.61 Å². The zero-order valence-corrected chi connectivity index (χ0v) is 17.3. The molecule has 10 nitrogen and oxygen atoms in total. The van der Waals surface area contributed by atoms with Crippen molar-refractivity contribution in [2.45, 2.75) is 13.0 Å². The van der Waals surface area contributed by atoms with E-state index in [9.17, 15) is 18.4 Å². The highest BCUT2D eigenvalue weighted by molar-refractivity contribution is 6.44. The zero-order chi connectivity index (χ0) is 22.9. The number of nitrogens with one attached hydrogen (secondary N) is 1. The number of nitrogens with zero attached hydrogens (tertiary/aromatic N) is 3. The summed E-state index contributed by atoms with van der Waals surface area (Å²) in [4.78, 5) is 30.9. The van der Waals surface area contributed by atoms with Crippen LogP contribution in [0.25, 0.3) is 0 Å². The van der Waals surface area contributed by atoms with Crippen molar-refractivity contribution in [2.24, 2.45) is 5.16 Å². The summed E-state index contributed by atoms with van der Waals surface area (Å²) in [5, 5.41) is 10.2. The highest BCUT2D eigenvalue weighted by Gasteiger charge is 2.29. The monoisotopic (exact) mass is 452 g/mol. The number of carbonyl (C=O) groups excluding carboxylic acids is 2. The van der Waals surface area contributed by atoms with Crippen LogP contribution >= 0.6 is 0 Å². The molecule has 2 heterocycles. The molecule has 32 heavy (non-hydrogen) atoms. The molecule has 0 bridgehead atoms. The van der Waals surface area contributed by atoms with Crippen LogP contribution in [-0.2, 0) is 23.9 Å². The molecule has 1 aromatic carbocycles. The third kappa shape index (κ3) is 6.23. The minimum Gasteiger partial charge on any atom is -0.488 e. The molecule has 1 amide bonds. The summed E-state index contributed by atoms with van der Waals surface area (Å²) >= 11 is 0. The Morgan fingerprint density at radius 1 is 1.34 bits per heavy atom. The standard InChI is InChI=1S/C20H22F2N4O6/c1-2-29-18(27)12-32-25-19(16-5-6-23-24-16)20(28)26-7-8-30-14(10-26)11-31-17-9-13(21)3-4-15(17)22/h3-6,9,14H,2,7-8,10-12H2,1H3,(H,23,24). The van der Waals surface area contributed by atoms with Crippen LogP contribution in [0.5, 0.6) is 5.75 Å². The molecule has 1 aromatic heterocycles. The number of H-pyrrole nitrogens is 1. The highest BCUT2D eigenvalue weighted by atomic mass is 19.1. The first-order valence-corrected chi connectivity index (χ1v) is 9.82. The predicted molar refractivity (Wildman–Crippen MR) is 106 cm³/mol. The number of morpholine rings is 1. The number of oxime groups is 1. The van der Waals surface area contributed by atoms with Crippen LogP contribution in [-0.4, -0.2) is 78.3 Å². The largest absolute Gasteiger partial charge is 0.488 e. The summed E-state index contributed by atoms with van der Waals surface area (Å²) in [6.07, 6.45) is 0.853. The number of carbonyl (C=O) groups is 2. The van der Waals surface area contributed by atoms with E-state index in [-0.39, 0.29) is 44.4 Å². The number of aromatic amines is 1. The maximum absolute atomic E-state index is 13.7. The second-order valence-electron chi connectivity index (χ2n) is 6.62. The van der Waals surface area contributed by atoms with E-state index < -0.39 is 36.2 Å². The summed E-state index contributed by atoms with van der Waals surface area (Å²) in [7, 11) is 0. The maximum atomic E-state index is 13.7. The Kier molecular flexibility index (Phi) is 8.08. The van der Waals surface area contributed by atoms with Gasteiger partial charge in [0, 0.05) is 18.8 Å². The lowest BCUT2D eigenvalue weighted by atomic mass is 10.2. The first-order valence-electron chi connectivity index (χ1n) is 9.82. The molecule has 1 saturated heterocycles. The number of esters is 1. The SMILES string of the molecule is CCOC(=O)CON=C(C(=O)N1CCOC(COc2cc(F)ccc2F)C1)c1ccn[nH]1. The summed E-state index contributed by atoms with van der Waals surface area (Å²) in [6.45, 7) is 1.86. The van der Waals surface area contributed by atoms with Gasteiger partial charge in [-0.1, -0.05) is 5.16 Å². The van der Waals surface area contributed by atoms with E-state index in [0.717, 1.165) is 18.2 Å². The molecule has 1 unspecified atom stereocenters. The van der Waals surface area contributed by atoms with E-state index >= 15 is 0 Å². The Hall–Kier alpha value is -3.54. The third-order valence-corrected chi connectivity index (χ3v) is 4.35. The molecule has 0 spiro atoms. The lowest BCUT2D eigenvalue weighted by Gasteiger charge is -2.32. The Labute approximate surface area is 182 Å². The number of benzene rings is 1. The lowest BCUT2D eigenvalue weighted by molar-refractivity contribution is -0.148. The van der Waals surface area contributed by atoms with Crippen LogP contribution in [0.4, 0.5) is 8.78 Å². The number of halogens is 2. The molecule has 172 valence electrons. The molecule has 0 saturated carbocycles. The maximum Gasteiger partial charge on any atom is 0.347 e. The Morgan fingerprint density at radius 3 is 2.94 bits per heavy atom. The van der Waals surface area contributed by atoms with Crippen molar-refractivity contribution in [3.05, 3.63) is 47.8 Å². The van der Waals surface area contributed by atoms with E-state index in [2.05, 4.69) is 15.4 Å². The average molecular weight is 452 g/mol. The van der Waals surface area contributed by atoms with Crippen molar-refractivity contribution < 1.29 is 37.4 Å². The van der Waals surface area contributed by atoms with Crippen LogP contribution in [0, 0.1) is 11.6 Å². The molecule has 2 aromatic rings.